The van der Waals surface area contributed by atoms with E-state index in [-0.39, 0.29) is 0 Å². The first-order valence-corrected chi connectivity index (χ1v) is 9.33. The van der Waals surface area contributed by atoms with Crippen molar-refractivity contribution in [3.05, 3.63) is 103 Å². The van der Waals surface area contributed by atoms with Crippen molar-refractivity contribution < 1.29 is 0 Å². The molecule has 0 N–H and O–H groups in total. The van der Waals surface area contributed by atoms with Crippen molar-refractivity contribution in [2.75, 3.05) is 0 Å². The topological polar surface area (TPSA) is 54.5 Å². The minimum atomic E-state index is 0.600. The Kier molecular flexibility index (Phi) is 4.12. The molecule has 0 bridgehead atoms. The molecule has 0 aliphatic heterocycles. The zero-order chi connectivity index (χ0) is 19.6. The van der Waals surface area contributed by atoms with Gasteiger partial charge in [0.05, 0.1) is 22.8 Å². The Labute approximate surface area is 168 Å². The van der Waals surface area contributed by atoms with Crippen molar-refractivity contribution in [2.45, 2.75) is 0 Å². The summed E-state index contributed by atoms with van der Waals surface area (Å²) in [6, 6.07) is 30.3. The van der Waals surface area contributed by atoms with Gasteiger partial charge in [0, 0.05) is 23.3 Å². The van der Waals surface area contributed by atoms with Gasteiger partial charge in [-0.3, -0.25) is 4.57 Å². The Bertz CT molecular complexity index is 1330. The summed E-state index contributed by atoms with van der Waals surface area (Å²) in [4.78, 5) is 9.04. The minimum absolute atomic E-state index is 0.600. The number of nitrogens with zero attached hydrogens (tertiary/aromatic N) is 4. The number of fused-ring (bicyclic) bond motifs is 1. The van der Waals surface area contributed by atoms with Crippen molar-refractivity contribution in [1.82, 2.24) is 14.5 Å². The largest absolute Gasteiger partial charge is 0.277 e. The Morgan fingerprint density at radius 1 is 0.724 bits per heavy atom. The Balaban J connectivity index is 1.99. The molecule has 3 aromatic carbocycles. The average molecular weight is 372 g/mol. The molecular formula is C25H16N4. The molecule has 0 aliphatic carbocycles. The van der Waals surface area contributed by atoms with Gasteiger partial charge < -0.3 is 0 Å². The van der Waals surface area contributed by atoms with Gasteiger partial charge in [-0.1, -0.05) is 60.7 Å². The summed E-state index contributed by atoms with van der Waals surface area (Å²) in [5.41, 5.74) is 5.81. The number of hydrogen-bond donors (Lipinski definition) is 0. The van der Waals surface area contributed by atoms with Crippen molar-refractivity contribution >= 4 is 10.9 Å². The molecule has 0 fully saturated rings. The Morgan fingerprint density at radius 2 is 1.38 bits per heavy atom. The van der Waals surface area contributed by atoms with E-state index in [9.17, 15) is 5.26 Å². The molecule has 29 heavy (non-hydrogen) atoms. The van der Waals surface area contributed by atoms with Gasteiger partial charge in [-0.2, -0.15) is 5.26 Å². The van der Waals surface area contributed by atoms with E-state index in [0.717, 1.165) is 33.3 Å². The molecular weight excluding hydrogens is 356 g/mol. The summed E-state index contributed by atoms with van der Waals surface area (Å²) in [5, 5.41) is 10.5. The Hall–Kier alpha value is -4.23. The number of benzene rings is 3. The first-order chi connectivity index (χ1) is 14.4. The van der Waals surface area contributed by atoms with Crippen LogP contribution in [-0.2, 0) is 0 Å². The van der Waals surface area contributed by atoms with E-state index in [1.54, 1.807) is 12.4 Å². The second-order valence-corrected chi connectivity index (χ2v) is 6.68. The van der Waals surface area contributed by atoms with Crippen LogP contribution >= 0.6 is 0 Å². The Morgan fingerprint density at radius 3 is 2.03 bits per heavy atom. The van der Waals surface area contributed by atoms with Gasteiger partial charge in [0.15, 0.2) is 0 Å². The molecule has 4 heteroatoms. The SMILES string of the molecule is N#Cc1ccc2c(c1)c(-c1ccccc1)c(-c1ccccc1)n2-c1ncccn1. The maximum absolute atomic E-state index is 9.49. The van der Waals surface area contributed by atoms with Gasteiger partial charge in [0.2, 0.25) is 5.95 Å². The molecule has 0 saturated heterocycles. The predicted molar refractivity (Wildman–Crippen MR) is 114 cm³/mol. The summed E-state index contributed by atoms with van der Waals surface area (Å²) in [5.74, 6) is 0.600. The summed E-state index contributed by atoms with van der Waals surface area (Å²) in [6.07, 6.45) is 3.49. The maximum Gasteiger partial charge on any atom is 0.234 e. The molecule has 4 nitrogen and oxygen atoms in total. The van der Waals surface area contributed by atoms with Crippen LogP contribution in [0.4, 0.5) is 0 Å². The molecule has 2 aromatic heterocycles. The van der Waals surface area contributed by atoms with Crippen LogP contribution in [0.1, 0.15) is 5.56 Å². The second-order valence-electron chi connectivity index (χ2n) is 6.68. The van der Waals surface area contributed by atoms with Gasteiger partial charge in [0.1, 0.15) is 0 Å². The molecule has 5 rings (SSSR count). The van der Waals surface area contributed by atoms with Gasteiger partial charge in [0.25, 0.3) is 0 Å². The van der Waals surface area contributed by atoms with Crippen LogP contribution in [0.3, 0.4) is 0 Å². The molecule has 0 radical (unpaired) electrons. The number of rotatable bonds is 3. The molecule has 136 valence electrons. The normalized spacial score (nSPS) is 10.7. The highest BCUT2D eigenvalue weighted by molar-refractivity contribution is 6.05. The lowest BCUT2D eigenvalue weighted by Crippen LogP contribution is -2.02. The third-order valence-corrected chi connectivity index (χ3v) is 4.96. The van der Waals surface area contributed by atoms with Crippen LogP contribution in [0.5, 0.6) is 0 Å². The fourth-order valence-electron chi connectivity index (χ4n) is 3.74. The molecule has 0 atom stereocenters. The van der Waals surface area contributed by atoms with E-state index in [2.05, 4.69) is 44.9 Å². The quantitative estimate of drug-likeness (QED) is 0.413. The monoisotopic (exact) mass is 372 g/mol. The lowest BCUT2D eigenvalue weighted by molar-refractivity contribution is 0.968. The first-order valence-electron chi connectivity index (χ1n) is 9.33. The van der Waals surface area contributed by atoms with Crippen molar-refractivity contribution in [3.63, 3.8) is 0 Å². The lowest BCUT2D eigenvalue weighted by atomic mass is 9.97. The van der Waals surface area contributed by atoms with E-state index >= 15 is 0 Å². The predicted octanol–water partition coefficient (Wildman–Crippen LogP) is 5.63. The van der Waals surface area contributed by atoms with Gasteiger partial charge in [-0.05, 0) is 35.4 Å². The van der Waals surface area contributed by atoms with Crippen molar-refractivity contribution in [3.8, 4) is 34.4 Å². The summed E-state index contributed by atoms with van der Waals surface area (Å²) in [6.45, 7) is 0. The minimum Gasteiger partial charge on any atom is -0.277 e. The molecule has 0 aliphatic rings. The first kappa shape index (κ1) is 16.9. The van der Waals surface area contributed by atoms with Crippen LogP contribution < -0.4 is 0 Å². The summed E-state index contributed by atoms with van der Waals surface area (Å²) in [7, 11) is 0. The van der Waals surface area contributed by atoms with Crippen LogP contribution in [0.25, 0.3) is 39.2 Å². The molecule has 0 amide bonds. The van der Waals surface area contributed by atoms with Crippen LogP contribution in [-0.4, -0.2) is 14.5 Å². The fraction of sp³-hybridized carbons (Fsp3) is 0. The molecule has 0 saturated carbocycles. The van der Waals surface area contributed by atoms with E-state index in [1.807, 2.05) is 60.7 Å². The van der Waals surface area contributed by atoms with Crippen molar-refractivity contribution in [2.24, 2.45) is 0 Å². The third-order valence-electron chi connectivity index (χ3n) is 4.96. The molecule has 2 heterocycles. The van der Waals surface area contributed by atoms with Crippen molar-refractivity contribution in [1.29, 1.82) is 5.26 Å². The number of nitriles is 1. The van der Waals surface area contributed by atoms with Gasteiger partial charge in [-0.15, -0.1) is 0 Å². The zero-order valence-corrected chi connectivity index (χ0v) is 15.5. The highest BCUT2D eigenvalue weighted by Crippen LogP contribution is 2.42. The van der Waals surface area contributed by atoms with E-state index in [4.69, 9.17) is 0 Å². The summed E-state index contributed by atoms with van der Waals surface area (Å²) >= 11 is 0. The summed E-state index contributed by atoms with van der Waals surface area (Å²) < 4.78 is 2.08. The van der Waals surface area contributed by atoms with E-state index < -0.39 is 0 Å². The van der Waals surface area contributed by atoms with Gasteiger partial charge >= 0.3 is 0 Å². The standard InChI is InChI=1S/C25H16N4/c26-17-18-12-13-22-21(16-18)23(19-8-3-1-4-9-19)24(20-10-5-2-6-11-20)29(22)25-27-14-7-15-28-25/h1-16H. The highest BCUT2D eigenvalue weighted by Gasteiger charge is 2.22. The van der Waals surface area contributed by atoms with Crippen LogP contribution in [0, 0.1) is 11.3 Å². The van der Waals surface area contributed by atoms with E-state index in [1.165, 1.54) is 0 Å². The average Bonchev–Trinajstić information content (AvgIpc) is 3.15. The maximum atomic E-state index is 9.49. The third kappa shape index (κ3) is 2.86. The van der Waals surface area contributed by atoms with Crippen LogP contribution in [0.15, 0.2) is 97.3 Å². The van der Waals surface area contributed by atoms with E-state index in [0.29, 0.717) is 11.5 Å². The zero-order valence-electron chi connectivity index (χ0n) is 15.5. The number of hydrogen-bond acceptors (Lipinski definition) is 3. The number of aromatic nitrogens is 3. The van der Waals surface area contributed by atoms with Gasteiger partial charge in [-0.25, -0.2) is 9.97 Å². The lowest BCUT2D eigenvalue weighted by Gasteiger charge is -2.11. The smallest absolute Gasteiger partial charge is 0.234 e. The van der Waals surface area contributed by atoms with Crippen LogP contribution in [0.2, 0.25) is 0 Å². The molecule has 0 unspecified atom stereocenters. The second kappa shape index (κ2) is 7.06. The fourth-order valence-corrected chi connectivity index (χ4v) is 3.74. The molecule has 0 spiro atoms. The molecule has 5 aromatic rings. The highest BCUT2D eigenvalue weighted by atomic mass is 15.2.